The van der Waals surface area contributed by atoms with Crippen LogP contribution in [0.25, 0.3) is 11.0 Å². The number of nitrogen functional groups attached to an aromatic ring is 1. The van der Waals surface area contributed by atoms with Gasteiger partial charge in [-0.05, 0) is 31.6 Å². The van der Waals surface area contributed by atoms with Gasteiger partial charge in [0.1, 0.15) is 11.5 Å². The van der Waals surface area contributed by atoms with Gasteiger partial charge in [0, 0.05) is 0 Å². The van der Waals surface area contributed by atoms with Gasteiger partial charge >= 0.3 is 0 Å². The molecule has 1 saturated carbocycles. The summed E-state index contributed by atoms with van der Waals surface area (Å²) in [5.41, 5.74) is 3.07. The van der Waals surface area contributed by atoms with Crippen LogP contribution < -0.4 is 16.0 Å². The van der Waals surface area contributed by atoms with Crippen LogP contribution in [0.1, 0.15) is 32.6 Å². The molecule has 2 aromatic rings. The van der Waals surface area contributed by atoms with Crippen molar-refractivity contribution in [1.82, 2.24) is 20.2 Å². The number of aromatic amines is 1. The Morgan fingerprint density at radius 2 is 2.11 bits per heavy atom. The van der Waals surface area contributed by atoms with Gasteiger partial charge in [-0.3, -0.25) is 10.5 Å². The monoisotopic (exact) mass is 262 g/mol. The van der Waals surface area contributed by atoms with Gasteiger partial charge in [0.25, 0.3) is 0 Å². The highest BCUT2D eigenvalue weighted by Crippen LogP contribution is 2.29. The maximum atomic E-state index is 6.01. The largest absolute Gasteiger partial charge is 0.474 e. The molecule has 0 saturated heterocycles. The van der Waals surface area contributed by atoms with Crippen molar-refractivity contribution < 1.29 is 4.74 Å². The molecule has 0 atom stereocenters. The van der Waals surface area contributed by atoms with Crippen LogP contribution in [0.4, 0.5) is 5.95 Å². The highest BCUT2D eigenvalue weighted by atomic mass is 16.5. The number of fused-ring (bicyclic) bond motifs is 1. The second kappa shape index (κ2) is 5.00. The lowest BCUT2D eigenvalue weighted by atomic mass is 9.89. The molecule has 0 amide bonds. The normalized spacial score (nSPS) is 23.5. The van der Waals surface area contributed by atoms with Crippen molar-refractivity contribution in [2.24, 2.45) is 11.8 Å². The lowest BCUT2D eigenvalue weighted by Gasteiger charge is -2.26. The molecule has 3 rings (SSSR count). The maximum Gasteiger partial charge on any atom is 0.242 e. The lowest BCUT2D eigenvalue weighted by Crippen LogP contribution is -2.24. The van der Waals surface area contributed by atoms with E-state index in [-0.39, 0.29) is 6.10 Å². The number of nitrogens with one attached hydrogen (secondary N) is 2. The topological polar surface area (TPSA) is 102 Å². The van der Waals surface area contributed by atoms with Crippen LogP contribution in [0.2, 0.25) is 0 Å². The van der Waals surface area contributed by atoms with Gasteiger partial charge in [0.15, 0.2) is 5.65 Å². The summed E-state index contributed by atoms with van der Waals surface area (Å²) in [6.07, 6.45) is 6.43. The number of hydrazine groups is 1. The highest BCUT2D eigenvalue weighted by Gasteiger charge is 2.21. The molecule has 0 aromatic carbocycles. The van der Waals surface area contributed by atoms with E-state index in [1.54, 1.807) is 6.20 Å². The minimum Gasteiger partial charge on any atom is -0.474 e. The first-order valence-corrected chi connectivity index (χ1v) is 6.60. The predicted octanol–water partition coefficient (Wildman–Crippen LogP) is 1.60. The molecule has 0 radical (unpaired) electrons. The van der Waals surface area contributed by atoms with E-state index in [1.807, 2.05) is 0 Å². The Bertz CT molecular complexity index is 560. The number of rotatable bonds is 3. The van der Waals surface area contributed by atoms with Crippen molar-refractivity contribution in [3.8, 4) is 5.88 Å². The van der Waals surface area contributed by atoms with Crippen molar-refractivity contribution in [1.29, 1.82) is 0 Å². The van der Waals surface area contributed by atoms with E-state index in [1.165, 1.54) is 12.8 Å². The van der Waals surface area contributed by atoms with Crippen LogP contribution in [-0.4, -0.2) is 26.3 Å². The minimum absolute atomic E-state index is 0.217. The van der Waals surface area contributed by atoms with E-state index in [0.29, 0.717) is 17.5 Å². The summed E-state index contributed by atoms with van der Waals surface area (Å²) in [6.45, 7) is 2.28. The number of hydrogen-bond donors (Lipinski definition) is 3. The van der Waals surface area contributed by atoms with E-state index in [2.05, 4.69) is 32.5 Å². The quantitative estimate of drug-likeness (QED) is 0.573. The van der Waals surface area contributed by atoms with Gasteiger partial charge in [0.05, 0.1) is 6.20 Å². The maximum absolute atomic E-state index is 6.01. The molecule has 1 fully saturated rings. The molecule has 0 aliphatic heterocycles. The third-order valence-corrected chi connectivity index (χ3v) is 3.65. The number of ether oxygens (including phenoxy) is 1. The zero-order chi connectivity index (χ0) is 13.2. The lowest BCUT2D eigenvalue weighted by molar-refractivity contribution is 0.132. The number of nitrogens with zero attached hydrogens (tertiary/aromatic N) is 3. The first-order valence-electron chi connectivity index (χ1n) is 6.60. The van der Waals surface area contributed by atoms with Crippen molar-refractivity contribution in [3.05, 3.63) is 6.20 Å². The first kappa shape index (κ1) is 12.2. The minimum atomic E-state index is 0.217. The third-order valence-electron chi connectivity index (χ3n) is 3.65. The van der Waals surface area contributed by atoms with E-state index < -0.39 is 0 Å². The van der Waals surface area contributed by atoms with Crippen molar-refractivity contribution in [2.75, 3.05) is 5.43 Å². The fraction of sp³-hybridized carbons (Fsp3) is 0.583. The van der Waals surface area contributed by atoms with Gasteiger partial charge in [0.2, 0.25) is 11.8 Å². The summed E-state index contributed by atoms with van der Waals surface area (Å²) in [5.74, 6) is 7.03. The molecule has 7 heteroatoms. The van der Waals surface area contributed by atoms with Gasteiger partial charge < -0.3 is 4.74 Å². The zero-order valence-electron chi connectivity index (χ0n) is 10.9. The molecule has 0 spiro atoms. The summed E-state index contributed by atoms with van der Waals surface area (Å²) in [4.78, 5) is 8.45. The highest BCUT2D eigenvalue weighted by molar-refractivity contribution is 5.80. The molecular weight excluding hydrogens is 244 g/mol. The number of aromatic nitrogens is 4. The molecule has 1 aliphatic carbocycles. The Kier molecular flexibility index (Phi) is 3.20. The predicted molar refractivity (Wildman–Crippen MR) is 71.5 cm³/mol. The smallest absolute Gasteiger partial charge is 0.242 e. The van der Waals surface area contributed by atoms with Crippen LogP contribution in [-0.2, 0) is 0 Å². The van der Waals surface area contributed by atoms with Crippen molar-refractivity contribution in [3.63, 3.8) is 0 Å². The summed E-state index contributed by atoms with van der Waals surface area (Å²) >= 11 is 0. The molecule has 0 bridgehead atoms. The number of hydrogen-bond acceptors (Lipinski definition) is 6. The molecule has 7 nitrogen and oxygen atoms in total. The molecule has 4 N–H and O–H groups in total. The van der Waals surface area contributed by atoms with Crippen LogP contribution >= 0.6 is 0 Å². The number of nitrogens with two attached hydrogens (primary N) is 1. The number of anilines is 1. The van der Waals surface area contributed by atoms with Crippen LogP contribution in [0.5, 0.6) is 5.88 Å². The van der Waals surface area contributed by atoms with Crippen LogP contribution in [0.3, 0.4) is 0 Å². The fourth-order valence-electron chi connectivity index (χ4n) is 2.47. The standard InChI is InChI=1S/C12H18N6O/c1-7-2-4-8(5-3-7)19-11-9-6-14-18-10(9)15-12(16-11)17-13/h6-8H,2-5,13H2,1H3,(H2,14,15,16,17,18). The molecule has 19 heavy (non-hydrogen) atoms. The Morgan fingerprint density at radius 3 is 2.84 bits per heavy atom. The second-order valence-corrected chi connectivity index (χ2v) is 5.13. The summed E-state index contributed by atoms with van der Waals surface area (Å²) in [6, 6.07) is 0. The van der Waals surface area contributed by atoms with E-state index in [9.17, 15) is 0 Å². The third kappa shape index (κ3) is 2.46. The molecular formula is C12H18N6O. The molecule has 0 unspecified atom stereocenters. The Hall–Kier alpha value is -1.89. The summed E-state index contributed by atoms with van der Waals surface area (Å²) in [7, 11) is 0. The van der Waals surface area contributed by atoms with Gasteiger partial charge in [-0.1, -0.05) is 6.92 Å². The van der Waals surface area contributed by atoms with Crippen molar-refractivity contribution >= 4 is 17.0 Å². The molecule has 1 aliphatic rings. The SMILES string of the molecule is CC1CCC(Oc2nc(NN)nc3[nH]ncc23)CC1. The fourth-order valence-corrected chi connectivity index (χ4v) is 2.47. The van der Waals surface area contributed by atoms with Gasteiger partial charge in [-0.15, -0.1) is 0 Å². The van der Waals surface area contributed by atoms with E-state index in [0.717, 1.165) is 24.1 Å². The molecule has 2 aromatic heterocycles. The van der Waals surface area contributed by atoms with Gasteiger partial charge in [-0.2, -0.15) is 15.1 Å². The van der Waals surface area contributed by atoms with Crippen molar-refractivity contribution in [2.45, 2.75) is 38.7 Å². The molecule has 102 valence electrons. The Balaban J connectivity index is 1.85. The molecule has 2 heterocycles. The second-order valence-electron chi connectivity index (χ2n) is 5.13. The summed E-state index contributed by atoms with van der Waals surface area (Å²) in [5, 5.41) is 7.56. The van der Waals surface area contributed by atoms with Gasteiger partial charge in [-0.25, -0.2) is 5.84 Å². The Labute approximate surface area is 110 Å². The average molecular weight is 262 g/mol. The van der Waals surface area contributed by atoms with E-state index in [4.69, 9.17) is 10.6 Å². The van der Waals surface area contributed by atoms with Crippen LogP contribution in [0.15, 0.2) is 6.20 Å². The number of H-pyrrole nitrogens is 1. The van der Waals surface area contributed by atoms with Crippen LogP contribution in [0, 0.1) is 5.92 Å². The summed E-state index contributed by atoms with van der Waals surface area (Å²) < 4.78 is 6.01. The Morgan fingerprint density at radius 1 is 1.32 bits per heavy atom. The average Bonchev–Trinajstić information content (AvgIpc) is 2.89. The first-order chi connectivity index (χ1) is 9.26. The van der Waals surface area contributed by atoms with E-state index >= 15 is 0 Å². The zero-order valence-corrected chi connectivity index (χ0v) is 10.9.